The molecule has 3 heteroatoms. The molecule has 2 rings (SSSR count). The van der Waals surface area contributed by atoms with Crippen LogP contribution in [0.5, 0.6) is 0 Å². The van der Waals surface area contributed by atoms with Crippen LogP contribution in [0.1, 0.15) is 12.0 Å². The first-order chi connectivity index (χ1) is 8.76. The van der Waals surface area contributed by atoms with Crippen LogP contribution >= 0.6 is 12.2 Å². The predicted molar refractivity (Wildman–Crippen MR) is 78.3 cm³/mol. The molecule has 1 heterocycles. The molecule has 2 atom stereocenters. The summed E-state index contributed by atoms with van der Waals surface area (Å²) in [6.45, 7) is 5.76. The van der Waals surface area contributed by atoms with E-state index in [9.17, 15) is 5.11 Å². The molecule has 0 saturated carbocycles. The fourth-order valence-electron chi connectivity index (χ4n) is 2.49. The van der Waals surface area contributed by atoms with Crippen molar-refractivity contribution >= 4 is 17.2 Å². The number of benzene rings is 1. The standard InChI is InChI=1S/C15H19NOS/c1-2-13(11-17)14-8-9-16(15(14)18)10-12-6-4-3-5-7-12/h2-7,13-14,17H,1,8-11H2/t13-,14-/m0/s1. The van der Waals surface area contributed by atoms with Crippen LogP contribution in [0, 0.1) is 11.8 Å². The van der Waals surface area contributed by atoms with Crippen LogP contribution in [0.3, 0.4) is 0 Å². The van der Waals surface area contributed by atoms with Crippen molar-refractivity contribution in [3.8, 4) is 0 Å². The van der Waals surface area contributed by atoms with Gasteiger partial charge in [-0.05, 0) is 12.0 Å². The minimum absolute atomic E-state index is 0.0956. The molecule has 18 heavy (non-hydrogen) atoms. The van der Waals surface area contributed by atoms with Crippen molar-refractivity contribution in [2.75, 3.05) is 13.2 Å². The summed E-state index contributed by atoms with van der Waals surface area (Å²) < 4.78 is 0. The van der Waals surface area contributed by atoms with E-state index in [4.69, 9.17) is 12.2 Å². The number of thiocarbonyl (C=S) groups is 1. The van der Waals surface area contributed by atoms with Crippen LogP contribution in [0.4, 0.5) is 0 Å². The highest BCUT2D eigenvalue weighted by Crippen LogP contribution is 2.28. The lowest BCUT2D eigenvalue weighted by atomic mass is 9.92. The lowest BCUT2D eigenvalue weighted by Gasteiger charge is -2.22. The first-order valence-electron chi connectivity index (χ1n) is 6.32. The second-order valence-corrected chi connectivity index (χ2v) is 5.14. The van der Waals surface area contributed by atoms with Crippen LogP contribution in [0.2, 0.25) is 0 Å². The van der Waals surface area contributed by atoms with E-state index in [0.29, 0.717) is 0 Å². The van der Waals surface area contributed by atoms with Crippen molar-refractivity contribution in [1.29, 1.82) is 0 Å². The fourth-order valence-corrected chi connectivity index (χ4v) is 2.94. The van der Waals surface area contributed by atoms with Crippen molar-refractivity contribution in [2.45, 2.75) is 13.0 Å². The molecule has 0 aliphatic carbocycles. The summed E-state index contributed by atoms with van der Waals surface area (Å²) in [6.07, 6.45) is 2.84. The fraction of sp³-hybridized carbons (Fsp3) is 0.400. The quantitative estimate of drug-likeness (QED) is 0.651. The SMILES string of the molecule is C=C[C@@H](CO)[C@@H]1CCN(Cc2ccccc2)C1=S. The van der Waals surface area contributed by atoms with Gasteiger partial charge in [0.15, 0.2) is 0 Å². The Bertz CT molecular complexity index is 418. The van der Waals surface area contributed by atoms with Crippen LogP contribution in [-0.2, 0) is 6.54 Å². The second-order valence-electron chi connectivity index (χ2n) is 4.72. The molecule has 0 unspecified atom stereocenters. The van der Waals surface area contributed by atoms with Crippen molar-refractivity contribution in [3.05, 3.63) is 48.6 Å². The highest BCUT2D eigenvalue weighted by atomic mass is 32.1. The smallest absolute Gasteiger partial charge is 0.0821 e. The third-order valence-electron chi connectivity index (χ3n) is 3.59. The zero-order chi connectivity index (χ0) is 13.0. The van der Waals surface area contributed by atoms with Crippen molar-refractivity contribution in [1.82, 2.24) is 4.90 Å². The summed E-state index contributed by atoms with van der Waals surface area (Å²) in [5, 5.41) is 9.33. The van der Waals surface area contributed by atoms with Crippen LogP contribution in [-0.4, -0.2) is 28.1 Å². The van der Waals surface area contributed by atoms with Crippen LogP contribution in [0.25, 0.3) is 0 Å². The number of aliphatic hydroxyl groups excluding tert-OH is 1. The van der Waals surface area contributed by atoms with E-state index < -0.39 is 0 Å². The van der Waals surface area contributed by atoms with E-state index in [0.717, 1.165) is 24.5 Å². The molecular formula is C15H19NOS. The molecule has 1 aromatic rings. The Morgan fingerprint density at radius 3 is 2.78 bits per heavy atom. The average molecular weight is 261 g/mol. The van der Waals surface area contributed by atoms with Crippen LogP contribution in [0.15, 0.2) is 43.0 Å². The summed E-state index contributed by atoms with van der Waals surface area (Å²) in [7, 11) is 0. The number of nitrogens with zero attached hydrogens (tertiary/aromatic N) is 1. The molecule has 1 fully saturated rings. The van der Waals surface area contributed by atoms with Gasteiger partial charge in [-0.15, -0.1) is 6.58 Å². The first-order valence-corrected chi connectivity index (χ1v) is 6.73. The van der Waals surface area contributed by atoms with Gasteiger partial charge in [-0.1, -0.05) is 48.6 Å². The second kappa shape index (κ2) is 6.12. The summed E-state index contributed by atoms with van der Waals surface area (Å²) in [4.78, 5) is 3.21. The molecule has 0 amide bonds. The molecule has 1 aliphatic rings. The summed E-state index contributed by atoms with van der Waals surface area (Å²) in [5.41, 5.74) is 1.28. The molecule has 1 saturated heterocycles. The van der Waals surface area contributed by atoms with Gasteiger partial charge < -0.3 is 10.0 Å². The van der Waals surface area contributed by atoms with Gasteiger partial charge in [-0.3, -0.25) is 0 Å². The molecule has 0 bridgehead atoms. The maximum absolute atomic E-state index is 9.33. The Labute approximate surface area is 114 Å². The van der Waals surface area contributed by atoms with E-state index >= 15 is 0 Å². The Hall–Kier alpha value is -1.19. The Kier molecular flexibility index (Phi) is 4.50. The zero-order valence-electron chi connectivity index (χ0n) is 10.5. The highest BCUT2D eigenvalue weighted by molar-refractivity contribution is 7.80. The molecule has 0 aromatic heterocycles. The molecule has 2 nitrogen and oxygen atoms in total. The molecule has 0 radical (unpaired) electrons. The van der Waals surface area contributed by atoms with Crippen molar-refractivity contribution in [3.63, 3.8) is 0 Å². The highest BCUT2D eigenvalue weighted by Gasteiger charge is 2.32. The Balaban J connectivity index is 2.01. The average Bonchev–Trinajstić information content (AvgIpc) is 2.75. The van der Waals surface area contributed by atoms with Gasteiger partial charge in [0, 0.05) is 31.5 Å². The third-order valence-corrected chi connectivity index (χ3v) is 4.15. The lowest BCUT2D eigenvalue weighted by Crippen LogP contribution is -2.28. The van der Waals surface area contributed by atoms with Gasteiger partial charge in [-0.2, -0.15) is 0 Å². The number of hydrogen-bond donors (Lipinski definition) is 1. The summed E-state index contributed by atoms with van der Waals surface area (Å²) in [5.74, 6) is 0.365. The van der Waals surface area contributed by atoms with Crippen molar-refractivity contribution < 1.29 is 5.11 Å². The molecule has 1 aliphatic heterocycles. The topological polar surface area (TPSA) is 23.5 Å². The Morgan fingerprint density at radius 1 is 1.44 bits per heavy atom. The van der Waals surface area contributed by atoms with E-state index in [1.165, 1.54) is 5.56 Å². The molecule has 1 aromatic carbocycles. The van der Waals surface area contributed by atoms with E-state index in [2.05, 4.69) is 23.6 Å². The predicted octanol–water partition coefficient (Wildman–Crippen LogP) is 2.63. The van der Waals surface area contributed by atoms with Crippen molar-refractivity contribution in [2.24, 2.45) is 11.8 Å². The van der Waals surface area contributed by atoms with Gasteiger partial charge >= 0.3 is 0 Å². The number of aliphatic hydroxyl groups is 1. The zero-order valence-corrected chi connectivity index (χ0v) is 11.3. The maximum atomic E-state index is 9.33. The number of likely N-dealkylation sites (tertiary alicyclic amines) is 1. The lowest BCUT2D eigenvalue weighted by molar-refractivity contribution is 0.231. The van der Waals surface area contributed by atoms with Gasteiger partial charge in [0.1, 0.15) is 0 Å². The van der Waals surface area contributed by atoms with Gasteiger partial charge in [0.25, 0.3) is 0 Å². The normalized spacial score (nSPS) is 21.1. The third kappa shape index (κ3) is 2.79. The number of rotatable bonds is 5. The summed E-state index contributed by atoms with van der Waals surface area (Å²) in [6, 6.07) is 10.4. The van der Waals surface area contributed by atoms with Gasteiger partial charge in [0.2, 0.25) is 0 Å². The van der Waals surface area contributed by atoms with E-state index in [-0.39, 0.29) is 18.4 Å². The minimum atomic E-state index is 0.0956. The first kappa shape index (κ1) is 13.2. The minimum Gasteiger partial charge on any atom is -0.396 e. The molecule has 0 spiro atoms. The van der Waals surface area contributed by atoms with Gasteiger partial charge in [-0.25, -0.2) is 0 Å². The molecule has 96 valence electrons. The molecular weight excluding hydrogens is 242 g/mol. The Morgan fingerprint density at radius 2 is 2.17 bits per heavy atom. The summed E-state index contributed by atoms with van der Waals surface area (Å²) >= 11 is 5.54. The number of hydrogen-bond acceptors (Lipinski definition) is 2. The maximum Gasteiger partial charge on any atom is 0.0821 e. The van der Waals surface area contributed by atoms with Gasteiger partial charge in [0.05, 0.1) is 4.99 Å². The van der Waals surface area contributed by atoms with E-state index in [1.54, 1.807) is 0 Å². The molecule has 1 N–H and O–H groups in total. The monoisotopic (exact) mass is 261 g/mol. The largest absolute Gasteiger partial charge is 0.396 e. The van der Waals surface area contributed by atoms with Crippen LogP contribution < -0.4 is 0 Å². The van der Waals surface area contributed by atoms with E-state index in [1.807, 2.05) is 24.3 Å².